The van der Waals surface area contributed by atoms with Crippen molar-refractivity contribution < 1.29 is 23.5 Å². The van der Waals surface area contributed by atoms with E-state index in [0.29, 0.717) is 35.8 Å². The minimum absolute atomic E-state index is 0.0590. The summed E-state index contributed by atoms with van der Waals surface area (Å²) in [4.78, 5) is 25.2. The Kier molecular flexibility index (Phi) is 10.8. The van der Waals surface area contributed by atoms with Crippen molar-refractivity contribution in [3.05, 3.63) is 53.8 Å². The molecule has 0 aromatic heterocycles. The topological polar surface area (TPSA) is 103 Å². The van der Waals surface area contributed by atoms with Gasteiger partial charge in [-0.05, 0) is 62.6 Å². The molecule has 4 N–H and O–H groups in total. The van der Waals surface area contributed by atoms with E-state index >= 15 is 0 Å². The highest BCUT2D eigenvalue weighted by Crippen LogP contribution is 2.25. The number of amides is 2. The fourth-order valence-electron chi connectivity index (χ4n) is 3.44. The summed E-state index contributed by atoms with van der Waals surface area (Å²) in [6.45, 7) is 8.41. The predicted molar refractivity (Wildman–Crippen MR) is 132 cm³/mol. The van der Waals surface area contributed by atoms with Crippen LogP contribution in [-0.2, 0) is 4.79 Å². The molecule has 0 heterocycles. The number of hydrogen-bond donors (Lipinski definition) is 3. The molecule has 2 aromatic carbocycles. The zero-order valence-corrected chi connectivity index (χ0v) is 20.4. The molecule has 2 amide bonds. The lowest BCUT2D eigenvalue weighted by molar-refractivity contribution is -0.119. The molecule has 2 unspecified atom stereocenters. The van der Waals surface area contributed by atoms with Crippen molar-refractivity contribution in [2.45, 2.75) is 59.1 Å². The summed E-state index contributed by atoms with van der Waals surface area (Å²) in [6.07, 6.45) is 2.15. The van der Waals surface area contributed by atoms with Crippen molar-refractivity contribution in [3.8, 4) is 11.5 Å². The fraction of sp³-hybridized carbons (Fsp3) is 0.462. The van der Waals surface area contributed by atoms with Crippen molar-refractivity contribution in [3.63, 3.8) is 0 Å². The lowest BCUT2D eigenvalue weighted by atomic mass is 10.0. The van der Waals surface area contributed by atoms with Gasteiger partial charge in [0.05, 0.1) is 12.7 Å². The van der Waals surface area contributed by atoms with Crippen LogP contribution in [0.3, 0.4) is 0 Å². The summed E-state index contributed by atoms with van der Waals surface area (Å²) >= 11 is 0. The van der Waals surface area contributed by atoms with E-state index in [0.717, 1.165) is 12.8 Å². The first-order valence-corrected chi connectivity index (χ1v) is 11.8. The van der Waals surface area contributed by atoms with Gasteiger partial charge in [0.2, 0.25) is 5.91 Å². The Balaban J connectivity index is 1.93. The third kappa shape index (κ3) is 8.67. The maximum atomic E-state index is 13.0. The Morgan fingerprint density at radius 1 is 1.03 bits per heavy atom. The van der Waals surface area contributed by atoms with Crippen LogP contribution in [0, 0.1) is 11.7 Å². The largest absolute Gasteiger partial charge is 0.494 e. The molecule has 2 aromatic rings. The normalized spacial score (nSPS) is 12.7. The first-order chi connectivity index (χ1) is 16.2. The van der Waals surface area contributed by atoms with Crippen molar-refractivity contribution in [1.29, 1.82) is 0 Å². The number of benzene rings is 2. The molecule has 0 saturated heterocycles. The molecular weight excluding hydrogens is 437 g/mol. The quantitative estimate of drug-likeness (QED) is 0.397. The molecule has 0 aliphatic rings. The van der Waals surface area contributed by atoms with Gasteiger partial charge in [-0.25, -0.2) is 4.39 Å². The van der Waals surface area contributed by atoms with Gasteiger partial charge < -0.3 is 25.8 Å². The van der Waals surface area contributed by atoms with Crippen LogP contribution in [0.1, 0.15) is 57.3 Å². The van der Waals surface area contributed by atoms with Crippen molar-refractivity contribution in [1.82, 2.24) is 5.32 Å². The number of nitrogens with one attached hydrogen (secondary N) is 2. The van der Waals surface area contributed by atoms with Crippen LogP contribution in [0.2, 0.25) is 0 Å². The lowest BCUT2D eigenvalue weighted by Crippen LogP contribution is -2.39. The molecule has 2 atom stereocenters. The summed E-state index contributed by atoms with van der Waals surface area (Å²) in [6, 6.07) is 10.3. The highest BCUT2D eigenvalue weighted by molar-refractivity contribution is 5.95. The second-order valence-electron chi connectivity index (χ2n) is 8.29. The van der Waals surface area contributed by atoms with Gasteiger partial charge >= 0.3 is 0 Å². The molecule has 0 saturated carbocycles. The number of hydrogen-bond acceptors (Lipinski definition) is 5. The van der Waals surface area contributed by atoms with Gasteiger partial charge in [0, 0.05) is 35.8 Å². The molecule has 2 rings (SSSR count). The minimum atomic E-state index is -0.423. The maximum absolute atomic E-state index is 13.0. The van der Waals surface area contributed by atoms with Crippen LogP contribution in [0.15, 0.2) is 42.5 Å². The number of nitrogens with two attached hydrogens (primary N) is 1. The molecule has 0 bridgehead atoms. The van der Waals surface area contributed by atoms with Gasteiger partial charge in [0.15, 0.2) is 0 Å². The SMILES string of the molecule is CCOc1cc(OC(CC)CC)cc(C(=O)NCC(N)CC(C)C(=O)Nc2ccc(F)cc2)c1. The second kappa shape index (κ2) is 13.5. The van der Waals surface area contributed by atoms with Gasteiger partial charge in [-0.2, -0.15) is 0 Å². The van der Waals surface area contributed by atoms with Crippen molar-refractivity contribution in [2.75, 3.05) is 18.5 Å². The van der Waals surface area contributed by atoms with Crippen LogP contribution in [0.25, 0.3) is 0 Å². The van der Waals surface area contributed by atoms with Crippen LogP contribution < -0.4 is 25.8 Å². The van der Waals surface area contributed by atoms with Gasteiger partial charge in [0.25, 0.3) is 5.91 Å². The van der Waals surface area contributed by atoms with Gasteiger partial charge in [-0.15, -0.1) is 0 Å². The van der Waals surface area contributed by atoms with E-state index in [9.17, 15) is 14.0 Å². The van der Waals surface area contributed by atoms with Crippen LogP contribution in [0.5, 0.6) is 11.5 Å². The Morgan fingerprint density at radius 2 is 1.68 bits per heavy atom. The number of carbonyl (C=O) groups is 2. The van der Waals surface area contributed by atoms with E-state index in [1.165, 1.54) is 24.3 Å². The fourth-order valence-corrected chi connectivity index (χ4v) is 3.44. The zero-order chi connectivity index (χ0) is 25.1. The minimum Gasteiger partial charge on any atom is -0.494 e. The Bertz CT molecular complexity index is 932. The predicted octanol–water partition coefficient (Wildman–Crippen LogP) is 4.51. The van der Waals surface area contributed by atoms with E-state index in [4.69, 9.17) is 15.2 Å². The molecular formula is C26H36FN3O4. The number of rotatable bonds is 13. The highest BCUT2D eigenvalue weighted by atomic mass is 19.1. The average molecular weight is 474 g/mol. The van der Waals surface area contributed by atoms with Crippen LogP contribution in [-0.4, -0.2) is 37.1 Å². The molecule has 0 aliphatic carbocycles. The first-order valence-electron chi connectivity index (χ1n) is 11.8. The van der Waals surface area contributed by atoms with Crippen molar-refractivity contribution >= 4 is 17.5 Å². The summed E-state index contributed by atoms with van der Waals surface area (Å²) in [7, 11) is 0. The Morgan fingerprint density at radius 3 is 2.29 bits per heavy atom. The molecule has 0 spiro atoms. The van der Waals surface area contributed by atoms with Gasteiger partial charge in [-0.1, -0.05) is 20.8 Å². The van der Waals surface area contributed by atoms with Gasteiger partial charge in [0.1, 0.15) is 17.3 Å². The Labute approximate surface area is 201 Å². The van der Waals surface area contributed by atoms with E-state index in [1.807, 2.05) is 6.92 Å². The lowest BCUT2D eigenvalue weighted by Gasteiger charge is -2.19. The summed E-state index contributed by atoms with van der Waals surface area (Å²) < 4.78 is 24.6. The van der Waals surface area contributed by atoms with Gasteiger partial charge in [-0.3, -0.25) is 9.59 Å². The van der Waals surface area contributed by atoms with E-state index in [-0.39, 0.29) is 30.3 Å². The summed E-state index contributed by atoms with van der Waals surface area (Å²) in [5, 5.41) is 5.57. The molecule has 7 nitrogen and oxygen atoms in total. The molecule has 34 heavy (non-hydrogen) atoms. The second-order valence-corrected chi connectivity index (χ2v) is 8.29. The van der Waals surface area contributed by atoms with Crippen molar-refractivity contribution in [2.24, 2.45) is 11.7 Å². The van der Waals surface area contributed by atoms with Crippen LogP contribution in [0.4, 0.5) is 10.1 Å². The standard InChI is InChI=1S/C26H36FN3O4/c1-5-22(6-2)34-24-14-18(13-23(15-24)33-7-3)26(32)29-16-20(28)12-17(4)25(31)30-21-10-8-19(27)9-11-21/h8-11,13-15,17,20,22H,5-7,12,16,28H2,1-4H3,(H,29,32)(H,30,31). The summed E-state index contributed by atoms with van der Waals surface area (Å²) in [5.41, 5.74) is 7.10. The maximum Gasteiger partial charge on any atom is 0.251 e. The first kappa shape index (κ1) is 27.1. The average Bonchev–Trinajstić information content (AvgIpc) is 2.82. The summed E-state index contributed by atoms with van der Waals surface area (Å²) in [5.74, 6) is -0.134. The van der Waals surface area contributed by atoms with E-state index in [1.54, 1.807) is 25.1 Å². The molecule has 186 valence electrons. The van der Waals surface area contributed by atoms with E-state index < -0.39 is 12.0 Å². The third-order valence-corrected chi connectivity index (χ3v) is 5.41. The smallest absolute Gasteiger partial charge is 0.251 e. The number of carbonyl (C=O) groups excluding carboxylic acids is 2. The Hall–Kier alpha value is -3.13. The monoisotopic (exact) mass is 473 g/mol. The van der Waals surface area contributed by atoms with E-state index in [2.05, 4.69) is 24.5 Å². The highest BCUT2D eigenvalue weighted by Gasteiger charge is 2.19. The number of anilines is 1. The zero-order valence-electron chi connectivity index (χ0n) is 20.4. The molecule has 8 heteroatoms. The molecule has 0 fully saturated rings. The van der Waals surface area contributed by atoms with Crippen LogP contribution >= 0.6 is 0 Å². The molecule has 0 aliphatic heterocycles. The third-order valence-electron chi connectivity index (χ3n) is 5.41. The number of ether oxygens (including phenoxy) is 2. The number of halogens is 1. The molecule has 0 radical (unpaired) electrons.